The number of carboxylic acids is 1. The van der Waals surface area contributed by atoms with E-state index < -0.39 is 33.9 Å². The van der Waals surface area contributed by atoms with Crippen LogP contribution in [0.3, 0.4) is 0 Å². The molecule has 0 fully saturated rings. The minimum absolute atomic E-state index is 0.172. The number of hydrogen-bond donors (Lipinski definition) is 2. The maximum absolute atomic E-state index is 12.8. The Bertz CT molecular complexity index is 1470. The summed E-state index contributed by atoms with van der Waals surface area (Å²) in [7, 11) is -0.698. The van der Waals surface area contributed by atoms with E-state index in [2.05, 4.69) is 5.10 Å². The molecule has 0 atom stereocenters. The van der Waals surface area contributed by atoms with Crippen molar-refractivity contribution in [3.8, 4) is 10.4 Å². The summed E-state index contributed by atoms with van der Waals surface area (Å²) in [6.07, 6.45) is -5.73. The number of thiophene rings is 1. The Hall–Kier alpha value is -3.41. The third-order valence-corrected chi connectivity index (χ3v) is 7.77. The molecule has 0 bridgehead atoms. The number of rotatable bonds is 8. The maximum atomic E-state index is 12.8. The van der Waals surface area contributed by atoms with Crippen LogP contribution in [-0.4, -0.2) is 65.0 Å². The first kappa shape index (κ1) is 30.8. The molecule has 17 heteroatoms. The van der Waals surface area contributed by atoms with Crippen molar-refractivity contribution in [2.75, 3.05) is 20.6 Å². The highest BCUT2D eigenvalue weighted by Crippen LogP contribution is 2.34. The van der Waals surface area contributed by atoms with Gasteiger partial charge in [-0.2, -0.15) is 27.1 Å². The molecule has 2 heterocycles. The van der Waals surface area contributed by atoms with Gasteiger partial charge in [0.25, 0.3) is 6.08 Å². The van der Waals surface area contributed by atoms with Crippen molar-refractivity contribution in [3.63, 3.8) is 0 Å². The van der Waals surface area contributed by atoms with E-state index in [1.54, 1.807) is 36.4 Å². The Kier molecular flexibility index (Phi) is 10.1. The second kappa shape index (κ2) is 12.4. The summed E-state index contributed by atoms with van der Waals surface area (Å²) in [5, 5.41) is 11.0. The Balaban J connectivity index is 0.000000638. The zero-order valence-electron chi connectivity index (χ0n) is 19.8. The highest BCUT2D eigenvalue weighted by atomic mass is 32.2. The lowest BCUT2D eigenvalue weighted by atomic mass is 10.2. The van der Waals surface area contributed by atoms with Gasteiger partial charge in [0.05, 0.1) is 18.0 Å². The topological polar surface area (TPSA) is 141 Å². The molecule has 0 saturated carbocycles. The van der Waals surface area contributed by atoms with Crippen molar-refractivity contribution in [3.05, 3.63) is 69.7 Å². The summed E-state index contributed by atoms with van der Waals surface area (Å²) in [4.78, 5) is 23.0. The smallest absolute Gasteiger partial charge is 0.475 e. The Morgan fingerprint density at radius 3 is 2.29 bits per heavy atom. The number of carbonyl (C=O) groups is 1. The minimum Gasteiger partial charge on any atom is -0.475 e. The molecular formula is C21H22F5N5O5S2. The van der Waals surface area contributed by atoms with Crippen LogP contribution in [0, 0.1) is 0 Å². The number of benzene rings is 1. The van der Waals surface area contributed by atoms with Crippen LogP contribution in [-0.2, 0) is 27.9 Å². The average Bonchev–Trinajstić information content (AvgIpc) is 3.44. The quantitative estimate of drug-likeness (QED) is 0.389. The number of nitrogens with two attached hydrogens (primary N) is 1. The van der Waals surface area contributed by atoms with E-state index in [0.717, 1.165) is 18.7 Å². The first-order valence-corrected chi connectivity index (χ1v) is 12.6. The molecule has 3 aromatic rings. The van der Waals surface area contributed by atoms with E-state index in [0.29, 0.717) is 5.56 Å². The van der Waals surface area contributed by atoms with Gasteiger partial charge in [0.1, 0.15) is 6.33 Å². The molecule has 0 aliphatic rings. The highest BCUT2D eigenvalue weighted by Gasteiger charge is 2.38. The second-order valence-electron chi connectivity index (χ2n) is 7.62. The summed E-state index contributed by atoms with van der Waals surface area (Å²) < 4.78 is 86.0. The van der Waals surface area contributed by atoms with Crippen LogP contribution < -0.4 is 11.4 Å². The molecule has 38 heavy (non-hydrogen) atoms. The van der Waals surface area contributed by atoms with Gasteiger partial charge in [-0.3, -0.25) is 4.57 Å². The fourth-order valence-electron chi connectivity index (χ4n) is 2.84. The van der Waals surface area contributed by atoms with Crippen molar-refractivity contribution >= 4 is 27.3 Å². The molecule has 0 spiro atoms. The molecular weight excluding hydrogens is 561 g/mol. The third kappa shape index (κ3) is 7.56. The predicted octanol–water partition coefficient (Wildman–Crippen LogP) is 2.81. The number of aliphatic carboxylic acids is 1. The largest absolute Gasteiger partial charge is 0.490 e. The second-order valence-corrected chi connectivity index (χ2v) is 10.9. The van der Waals surface area contributed by atoms with Gasteiger partial charge in [0.15, 0.2) is 0 Å². The molecule has 208 valence electrons. The van der Waals surface area contributed by atoms with E-state index in [1.165, 1.54) is 36.3 Å². The molecule has 2 aromatic heterocycles. The van der Waals surface area contributed by atoms with Crippen LogP contribution in [0.4, 0.5) is 22.0 Å². The molecule has 10 nitrogen and oxygen atoms in total. The fraction of sp³-hybridized carbons (Fsp3) is 0.286. The number of nitrogens with zero attached hydrogens (tertiary/aromatic N) is 4. The summed E-state index contributed by atoms with van der Waals surface area (Å²) in [6.45, 7) is -0.576. The molecule has 0 amide bonds. The zero-order valence-corrected chi connectivity index (χ0v) is 21.4. The van der Waals surface area contributed by atoms with Gasteiger partial charge in [0.2, 0.25) is 10.0 Å². The van der Waals surface area contributed by atoms with E-state index in [4.69, 9.17) is 15.6 Å². The van der Waals surface area contributed by atoms with E-state index >= 15 is 0 Å². The van der Waals surface area contributed by atoms with Crippen molar-refractivity contribution in [2.24, 2.45) is 5.73 Å². The molecule has 0 aliphatic heterocycles. The van der Waals surface area contributed by atoms with E-state index in [-0.39, 0.29) is 30.1 Å². The number of sulfonamides is 1. The van der Waals surface area contributed by atoms with Crippen LogP contribution >= 0.6 is 11.3 Å². The van der Waals surface area contributed by atoms with Gasteiger partial charge >= 0.3 is 17.8 Å². The molecule has 0 radical (unpaired) electrons. The van der Waals surface area contributed by atoms with Crippen molar-refractivity contribution in [1.82, 2.24) is 18.7 Å². The van der Waals surface area contributed by atoms with E-state index in [9.17, 15) is 35.2 Å². The lowest BCUT2D eigenvalue weighted by Gasteiger charge is -2.14. The molecule has 3 N–H and O–H groups in total. The number of hydrogen-bond acceptors (Lipinski definition) is 7. The minimum atomic E-state index is -5.08. The summed E-state index contributed by atoms with van der Waals surface area (Å²) in [5.74, 6) is -2.76. The first-order valence-electron chi connectivity index (χ1n) is 10.4. The lowest BCUT2D eigenvalue weighted by molar-refractivity contribution is -0.192. The van der Waals surface area contributed by atoms with Gasteiger partial charge in [-0.15, -0.1) is 11.3 Å². The summed E-state index contributed by atoms with van der Waals surface area (Å²) in [5.41, 5.74) is 4.95. The highest BCUT2D eigenvalue weighted by molar-refractivity contribution is 7.89. The average molecular weight is 584 g/mol. The summed E-state index contributed by atoms with van der Waals surface area (Å²) >= 11 is 1.34. The number of alkyl halides is 3. The Morgan fingerprint density at radius 2 is 1.76 bits per heavy atom. The van der Waals surface area contributed by atoms with Crippen molar-refractivity contribution in [1.29, 1.82) is 0 Å². The molecule has 3 rings (SSSR count). The normalized spacial score (nSPS) is 11.7. The van der Waals surface area contributed by atoms with E-state index in [1.807, 2.05) is 0 Å². The van der Waals surface area contributed by atoms with Crippen LogP contribution in [0.1, 0.15) is 4.88 Å². The molecule has 0 saturated heterocycles. The van der Waals surface area contributed by atoms with Crippen LogP contribution in [0.5, 0.6) is 0 Å². The van der Waals surface area contributed by atoms with Gasteiger partial charge in [-0.25, -0.2) is 27.0 Å². The Morgan fingerprint density at radius 1 is 1.16 bits per heavy atom. The summed E-state index contributed by atoms with van der Waals surface area (Å²) in [6, 6.07) is 10.3. The van der Waals surface area contributed by atoms with Crippen LogP contribution in [0.2, 0.25) is 0 Å². The van der Waals surface area contributed by atoms with Gasteiger partial charge < -0.3 is 10.8 Å². The molecule has 1 aromatic carbocycles. The number of halogens is 5. The predicted molar refractivity (Wildman–Crippen MR) is 128 cm³/mol. The molecule has 0 aliphatic carbocycles. The lowest BCUT2D eigenvalue weighted by Crippen LogP contribution is -2.27. The van der Waals surface area contributed by atoms with Gasteiger partial charge in [-0.1, -0.05) is 18.2 Å². The van der Waals surface area contributed by atoms with Crippen LogP contribution in [0.25, 0.3) is 10.4 Å². The Labute approximate surface area is 217 Å². The van der Waals surface area contributed by atoms with Gasteiger partial charge in [-0.05, 0) is 18.2 Å². The van der Waals surface area contributed by atoms with Crippen molar-refractivity contribution in [2.45, 2.75) is 24.2 Å². The zero-order chi connectivity index (χ0) is 28.8. The fourth-order valence-corrected chi connectivity index (χ4v) is 5.05. The number of carboxylic acid groups (broad SMARTS) is 1. The van der Waals surface area contributed by atoms with Crippen LogP contribution in [0.15, 0.2) is 64.1 Å². The SMILES string of the molecule is CN(C)S(=O)(=O)c1ccccc1-c1ccc(Cn2cnn(CC(CN)=C(F)F)c2=O)s1.O=C(O)C(F)(F)F. The van der Waals surface area contributed by atoms with Crippen molar-refractivity contribution < 1.29 is 40.3 Å². The standard InChI is InChI=1S/C19H21F2N5O3S2.C2HF3O2/c1-24(2)31(28,29)17-6-4-3-5-15(17)16-8-7-14(30-16)11-25-12-23-26(19(25)27)10-13(9-22)18(20)21;3-2(4,5)1(6)7/h3-8,12H,9-11,22H2,1-2H3;(H,6,7). The maximum Gasteiger partial charge on any atom is 0.490 e. The molecule has 0 unspecified atom stereocenters. The van der Waals surface area contributed by atoms with Gasteiger partial charge in [0, 0.05) is 41.5 Å². The third-order valence-electron chi connectivity index (χ3n) is 4.79. The first-order chi connectivity index (χ1) is 17.6. The monoisotopic (exact) mass is 583 g/mol. The number of aromatic nitrogens is 3.